The van der Waals surface area contributed by atoms with Gasteiger partial charge in [-0.05, 0) is 66.7 Å². The first-order valence-corrected chi connectivity index (χ1v) is 9.07. The van der Waals surface area contributed by atoms with Crippen LogP contribution in [0.15, 0.2) is 67.5 Å². The van der Waals surface area contributed by atoms with E-state index in [1.165, 1.54) is 17.0 Å². The number of H-pyrrole nitrogens is 1. The number of hydrogen-bond acceptors (Lipinski definition) is 4. The number of carbonyl (C=O) groups excluding carboxylic acids is 1. The molecular weight excluding hydrogens is 352 g/mol. The molecule has 2 heterocycles. The maximum absolute atomic E-state index is 10.9. The highest BCUT2D eigenvalue weighted by Gasteiger charge is 1.99. The number of amides is 1. The molecule has 3 aromatic rings. The predicted octanol–water partition coefficient (Wildman–Crippen LogP) is 3.61. The summed E-state index contributed by atoms with van der Waals surface area (Å²) in [6.07, 6.45) is 9.19. The van der Waals surface area contributed by atoms with Crippen molar-refractivity contribution < 1.29 is 10.0 Å². The van der Waals surface area contributed by atoms with E-state index in [-0.39, 0.29) is 0 Å². The number of carbonyl (C=O) groups is 1. The van der Waals surface area contributed by atoms with Crippen LogP contribution in [0, 0.1) is 0 Å². The first-order chi connectivity index (χ1) is 13.7. The number of fused-ring (bicyclic) bond motifs is 1. The molecule has 0 fully saturated rings. The van der Waals surface area contributed by atoms with Crippen molar-refractivity contribution in [2.45, 2.75) is 19.9 Å². The number of hydroxylamine groups is 1. The second kappa shape index (κ2) is 11.5. The van der Waals surface area contributed by atoms with Crippen LogP contribution in [-0.4, -0.2) is 27.6 Å². The van der Waals surface area contributed by atoms with Crippen LogP contribution in [0.5, 0.6) is 0 Å². The van der Waals surface area contributed by atoms with Gasteiger partial charge in [-0.25, -0.2) is 5.48 Å². The number of nitrogens with one attached hydrogen (secondary N) is 3. The topological polar surface area (TPSA) is 90.0 Å². The van der Waals surface area contributed by atoms with E-state index < -0.39 is 5.91 Å². The van der Waals surface area contributed by atoms with Crippen LogP contribution in [0.2, 0.25) is 0 Å². The minimum absolute atomic E-state index is 0.566. The smallest absolute Gasteiger partial charge is 0.267 e. The maximum atomic E-state index is 10.9. The van der Waals surface area contributed by atoms with E-state index in [1.807, 2.05) is 25.3 Å². The fourth-order valence-electron chi connectivity index (χ4n) is 2.56. The molecule has 0 aliphatic carbocycles. The molecule has 146 valence electrons. The van der Waals surface area contributed by atoms with Crippen molar-refractivity contribution >= 4 is 22.9 Å². The van der Waals surface area contributed by atoms with Crippen molar-refractivity contribution in [3.8, 4) is 0 Å². The van der Waals surface area contributed by atoms with Crippen LogP contribution < -0.4 is 10.8 Å². The number of pyridine rings is 1. The van der Waals surface area contributed by atoms with Gasteiger partial charge >= 0.3 is 0 Å². The van der Waals surface area contributed by atoms with Crippen molar-refractivity contribution in [3.63, 3.8) is 0 Å². The molecule has 0 spiro atoms. The molecule has 2 aromatic heterocycles. The Morgan fingerprint density at radius 2 is 2.11 bits per heavy atom. The van der Waals surface area contributed by atoms with Crippen molar-refractivity contribution in [1.29, 1.82) is 0 Å². The highest BCUT2D eigenvalue weighted by atomic mass is 16.5. The SMILES string of the molecule is C=CC.O=C(/C=C/c1ccc(CNCCc2ccc3[nH]ccc3c2)nc1)NO. The molecule has 0 saturated heterocycles. The summed E-state index contributed by atoms with van der Waals surface area (Å²) in [7, 11) is 0. The minimum Gasteiger partial charge on any atom is -0.361 e. The fourth-order valence-corrected chi connectivity index (χ4v) is 2.56. The summed E-state index contributed by atoms with van der Waals surface area (Å²) in [4.78, 5) is 18.5. The van der Waals surface area contributed by atoms with E-state index in [0.717, 1.165) is 29.7 Å². The lowest BCUT2D eigenvalue weighted by atomic mass is 10.1. The Bertz CT molecular complexity index is 914. The lowest BCUT2D eigenvalue weighted by molar-refractivity contribution is -0.124. The van der Waals surface area contributed by atoms with Crippen LogP contribution in [0.1, 0.15) is 23.7 Å². The molecule has 6 nitrogen and oxygen atoms in total. The molecule has 6 heteroatoms. The maximum Gasteiger partial charge on any atom is 0.267 e. The summed E-state index contributed by atoms with van der Waals surface area (Å²) < 4.78 is 0. The third-order valence-corrected chi connectivity index (χ3v) is 3.90. The van der Waals surface area contributed by atoms with Gasteiger partial charge in [0.05, 0.1) is 5.69 Å². The van der Waals surface area contributed by atoms with E-state index in [9.17, 15) is 4.79 Å². The number of benzene rings is 1. The Morgan fingerprint density at radius 3 is 2.82 bits per heavy atom. The Morgan fingerprint density at radius 1 is 1.29 bits per heavy atom. The lowest BCUT2D eigenvalue weighted by Gasteiger charge is -2.05. The van der Waals surface area contributed by atoms with Gasteiger partial charge in [-0.3, -0.25) is 15.0 Å². The van der Waals surface area contributed by atoms with Gasteiger partial charge in [-0.15, -0.1) is 6.58 Å². The summed E-state index contributed by atoms with van der Waals surface area (Å²) in [5.74, 6) is -0.566. The van der Waals surface area contributed by atoms with Gasteiger partial charge < -0.3 is 10.3 Å². The van der Waals surface area contributed by atoms with Crippen LogP contribution in [0.4, 0.5) is 0 Å². The van der Waals surface area contributed by atoms with Gasteiger partial charge in [0.25, 0.3) is 5.91 Å². The number of allylic oxidation sites excluding steroid dienone is 1. The number of aromatic nitrogens is 2. The van der Waals surface area contributed by atoms with Crippen LogP contribution in [-0.2, 0) is 17.8 Å². The molecule has 1 amide bonds. The second-order valence-electron chi connectivity index (χ2n) is 6.13. The second-order valence-corrected chi connectivity index (χ2v) is 6.13. The molecule has 0 atom stereocenters. The zero-order valence-electron chi connectivity index (χ0n) is 16.0. The molecule has 3 rings (SSSR count). The van der Waals surface area contributed by atoms with Crippen molar-refractivity contribution in [2.24, 2.45) is 0 Å². The van der Waals surface area contributed by atoms with E-state index in [2.05, 4.69) is 46.1 Å². The number of rotatable bonds is 7. The van der Waals surface area contributed by atoms with Crippen molar-refractivity contribution in [1.82, 2.24) is 20.8 Å². The van der Waals surface area contributed by atoms with Gasteiger partial charge in [0.15, 0.2) is 0 Å². The van der Waals surface area contributed by atoms with E-state index in [4.69, 9.17) is 5.21 Å². The Hall–Kier alpha value is -3.22. The summed E-state index contributed by atoms with van der Waals surface area (Å²) in [6.45, 7) is 6.81. The van der Waals surface area contributed by atoms with Gasteiger partial charge in [-0.2, -0.15) is 0 Å². The normalized spacial score (nSPS) is 10.5. The number of hydrogen-bond donors (Lipinski definition) is 4. The predicted molar refractivity (Wildman–Crippen MR) is 113 cm³/mol. The Labute approximate surface area is 165 Å². The monoisotopic (exact) mass is 378 g/mol. The van der Waals surface area contributed by atoms with E-state index >= 15 is 0 Å². The average Bonchev–Trinajstić information content (AvgIpc) is 3.19. The van der Waals surface area contributed by atoms with E-state index in [1.54, 1.807) is 23.8 Å². The van der Waals surface area contributed by atoms with Crippen LogP contribution in [0.3, 0.4) is 0 Å². The minimum atomic E-state index is -0.566. The molecule has 0 bridgehead atoms. The zero-order valence-corrected chi connectivity index (χ0v) is 16.0. The Kier molecular flexibility index (Phi) is 8.65. The van der Waals surface area contributed by atoms with Gasteiger partial charge in [0.2, 0.25) is 0 Å². The highest BCUT2D eigenvalue weighted by molar-refractivity contribution is 5.90. The molecule has 0 aliphatic rings. The first kappa shape index (κ1) is 21.1. The molecule has 4 N–H and O–H groups in total. The van der Waals surface area contributed by atoms with Gasteiger partial charge in [0.1, 0.15) is 0 Å². The third kappa shape index (κ3) is 6.83. The molecule has 0 aliphatic heterocycles. The number of aromatic amines is 1. The van der Waals surface area contributed by atoms with Gasteiger partial charge in [0, 0.05) is 30.5 Å². The molecule has 0 unspecified atom stereocenters. The summed E-state index contributed by atoms with van der Waals surface area (Å²) >= 11 is 0. The quantitative estimate of drug-likeness (QED) is 0.166. The van der Waals surface area contributed by atoms with Crippen LogP contribution >= 0.6 is 0 Å². The fraction of sp³-hybridized carbons (Fsp3) is 0.182. The zero-order chi connectivity index (χ0) is 20.2. The lowest BCUT2D eigenvalue weighted by Crippen LogP contribution is -2.17. The number of nitrogens with zero attached hydrogens (tertiary/aromatic N) is 1. The average molecular weight is 378 g/mol. The molecule has 1 aromatic carbocycles. The van der Waals surface area contributed by atoms with E-state index in [0.29, 0.717) is 6.54 Å². The summed E-state index contributed by atoms with van der Waals surface area (Å²) in [5, 5.41) is 13.0. The Balaban J connectivity index is 0.000000878. The first-order valence-electron chi connectivity index (χ1n) is 9.07. The van der Waals surface area contributed by atoms with Crippen molar-refractivity contribution in [2.75, 3.05) is 6.54 Å². The van der Waals surface area contributed by atoms with Crippen molar-refractivity contribution in [3.05, 3.63) is 84.3 Å². The summed E-state index contributed by atoms with van der Waals surface area (Å²) in [6, 6.07) is 12.3. The molecule has 28 heavy (non-hydrogen) atoms. The van der Waals surface area contributed by atoms with Gasteiger partial charge in [-0.1, -0.05) is 18.2 Å². The van der Waals surface area contributed by atoms with Crippen LogP contribution in [0.25, 0.3) is 17.0 Å². The molecule has 0 saturated carbocycles. The highest BCUT2D eigenvalue weighted by Crippen LogP contribution is 2.14. The summed E-state index contributed by atoms with van der Waals surface area (Å²) in [5.41, 5.74) is 5.74. The largest absolute Gasteiger partial charge is 0.361 e. The molecular formula is C22H26N4O2. The third-order valence-electron chi connectivity index (χ3n) is 3.90. The molecule has 0 radical (unpaired) electrons. The standard InChI is InChI=1S/C19H20N4O2.C3H6/c24-19(23-25)6-3-15-1-4-17(22-12-15)13-20-9-7-14-2-5-18-16(11-14)8-10-21-18;1-3-2/h1-6,8,10-12,20-21,25H,7,9,13H2,(H,23,24);3H,1H2,2H3/b6-3+;.